The molecule has 3 aromatic carbocycles. The van der Waals surface area contributed by atoms with Crippen molar-refractivity contribution < 1.29 is 23.5 Å². The molecule has 2 unspecified atom stereocenters. The monoisotopic (exact) mass is 731 g/mol. The molecule has 3 aliphatic heterocycles. The second-order valence-corrected chi connectivity index (χ2v) is 14.1. The fourth-order valence-electron chi connectivity index (χ4n) is 7.41. The topological polar surface area (TPSA) is 105 Å². The first-order chi connectivity index (χ1) is 24.7. The number of hydrogen-bond donors (Lipinski definition) is 3. The Kier molecular flexibility index (Phi) is 10.5. The van der Waals surface area contributed by atoms with Gasteiger partial charge in [-0.15, -0.1) is 0 Å². The standard InChI is InChI=1S/C39H40Cl2FN5O4/c1-50-33-17-23(15-22-13-14-47(21-31(22)33)20-26-10-12-35(49)45-26)27-5-3-6-28(36(27)40)29-7-4-8-30(37(29)41)38-32(42)16-24(39(46-38)51-2)18-43-19-25-9-11-34(48)44-25/h3-8,15-17,25-26,43H,9-14,18-21H2,1-2H3,(H,44,48)(H,45,49). The molecule has 3 N–H and O–H groups in total. The van der Waals surface area contributed by atoms with Gasteiger partial charge in [0.15, 0.2) is 0 Å². The Hall–Kier alpha value is -4.22. The molecule has 2 saturated heterocycles. The van der Waals surface area contributed by atoms with E-state index in [-0.39, 0.29) is 35.5 Å². The van der Waals surface area contributed by atoms with Gasteiger partial charge in [0.1, 0.15) is 17.3 Å². The van der Waals surface area contributed by atoms with E-state index in [1.54, 1.807) is 13.2 Å². The lowest BCUT2D eigenvalue weighted by Crippen LogP contribution is -2.41. The van der Waals surface area contributed by atoms with E-state index >= 15 is 4.39 Å². The lowest BCUT2D eigenvalue weighted by molar-refractivity contribution is -0.120. The number of amides is 2. The van der Waals surface area contributed by atoms with Crippen LogP contribution in [0.2, 0.25) is 10.0 Å². The number of fused-ring (bicyclic) bond motifs is 1. The summed E-state index contributed by atoms with van der Waals surface area (Å²) in [5, 5.41) is 10.1. The highest BCUT2D eigenvalue weighted by atomic mass is 35.5. The average molecular weight is 733 g/mol. The summed E-state index contributed by atoms with van der Waals surface area (Å²) in [5.74, 6) is 0.716. The fourth-order valence-corrected chi connectivity index (χ4v) is 8.06. The van der Waals surface area contributed by atoms with Crippen LogP contribution in [0.5, 0.6) is 11.6 Å². The van der Waals surface area contributed by atoms with Crippen molar-refractivity contribution in [3.8, 4) is 45.1 Å². The van der Waals surface area contributed by atoms with Gasteiger partial charge >= 0.3 is 0 Å². The smallest absolute Gasteiger partial charge is 0.220 e. The minimum Gasteiger partial charge on any atom is -0.496 e. The zero-order valence-electron chi connectivity index (χ0n) is 28.6. The largest absolute Gasteiger partial charge is 0.496 e. The van der Waals surface area contributed by atoms with Crippen LogP contribution in [-0.2, 0) is 29.1 Å². The molecule has 2 amide bonds. The van der Waals surface area contributed by atoms with Gasteiger partial charge in [0, 0.05) is 91.0 Å². The second kappa shape index (κ2) is 15.2. The van der Waals surface area contributed by atoms with Crippen LogP contribution in [0.1, 0.15) is 42.4 Å². The third-order valence-electron chi connectivity index (χ3n) is 10.0. The van der Waals surface area contributed by atoms with Crippen LogP contribution in [-0.4, -0.2) is 67.6 Å². The molecule has 0 spiro atoms. The number of methoxy groups -OCH3 is 2. The van der Waals surface area contributed by atoms with Gasteiger partial charge in [0.25, 0.3) is 0 Å². The number of pyridine rings is 1. The Morgan fingerprint density at radius 2 is 1.55 bits per heavy atom. The number of rotatable bonds is 11. The number of aromatic nitrogens is 1. The molecule has 2 fully saturated rings. The molecule has 1 aromatic heterocycles. The number of carbonyl (C=O) groups is 2. The number of carbonyl (C=O) groups excluding carboxylic acids is 2. The summed E-state index contributed by atoms with van der Waals surface area (Å²) in [4.78, 5) is 30.2. The maximum Gasteiger partial charge on any atom is 0.220 e. The van der Waals surface area contributed by atoms with Gasteiger partial charge in [0.05, 0.1) is 24.3 Å². The molecule has 12 heteroatoms. The number of benzene rings is 3. The van der Waals surface area contributed by atoms with Crippen molar-refractivity contribution >= 4 is 35.0 Å². The normalized spacial score (nSPS) is 18.8. The van der Waals surface area contributed by atoms with Crippen LogP contribution >= 0.6 is 23.2 Å². The molecule has 2 atom stereocenters. The molecule has 4 aromatic rings. The summed E-state index contributed by atoms with van der Waals surface area (Å²) in [7, 11) is 3.18. The third-order valence-corrected chi connectivity index (χ3v) is 10.8. The molecule has 51 heavy (non-hydrogen) atoms. The number of hydrogen-bond acceptors (Lipinski definition) is 7. The van der Waals surface area contributed by atoms with Crippen LogP contribution in [0, 0.1) is 5.82 Å². The number of nitrogens with one attached hydrogen (secondary N) is 3. The van der Waals surface area contributed by atoms with Crippen molar-refractivity contribution in [2.75, 3.05) is 33.9 Å². The van der Waals surface area contributed by atoms with Crippen molar-refractivity contribution in [3.63, 3.8) is 0 Å². The van der Waals surface area contributed by atoms with E-state index in [0.29, 0.717) is 58.2 Å². The second-order valence-electron chi connectivity index (χ2n) is 13.4. The van der Waals surface area contributed by atoms with E-state index in [1.165, 1.54) is 18.7 Å². The average Bonchev–Trinajstić information content (AvgIpc) is 3.74. The minimum atomic E-state index is -0.534. The molecule has 3 aliphatic rings. The minimum absolute atomic E-state index is 0.0449. The van der Waals surface area contributed by atoms with Gasteiger partial charge in [-0.3, -0.25) is 14.5 Å². The fraction of sp³-hybridized carbons (Fsp3) is 0.359. The SMILES string of the molecule is COc1cc(-c2cccc(-c3cccc(-c4nc(OC)c(CNCC5CCC(=O)N5)cc4F)c3Cl)c2Cl)cc2c1CN(CC1CCC(=O)N1)CC2. The van der Waals surface area contributed by atoms with Gasteiger partial charge in [-0.1, -0.05) is 65.7 Å². The zero-order chi connectivity index (χ0) is 35.6. The van der Waals surface area contributed by atoms with E-state index in [1.807, 2.05) is 36.4 Å². The maximum atomic E-state index is 15.7. The molecular weight excluding hydrogens is 692 g/mol. The van der Waals surface area contributed by atoms with E-state index < -0.39 is 5.82 Å². The zero-order valence-corrected chi connectivity index (χ0v) is 30.1. The molecule has 7 rings (SSSR count). The molecule has 0 bridgehead atoms. The molecule has 9 nitrogen and oxygen atoms in total. The van der Waals surface area contributed by atoms with Gasteiger partial charge in [-0.25, -0.2) is 9.37 Å². The van der Waals surface area contributed by atoms with Crippen LogP contribution < -0.4 is 25.4 Å². The molecule has 0 radical (unpaired) electrons. The first-order valence-corrected chi connectivity index (χ1v) is 18.0. The summed E-state index contributed by atoms with van der Waals surface area (Å²) >= 11 is 14.2. The number of ether oxygens (including phenoxy) is 2. The van der Waals surface area contributed by atoms with Crippen molar-refractivity contribution in [2.45, 2.75) is 57.3 Å². The quantitative estimate of drug-likeness (QED) is 0.161. The third kappa shape index (κ3) is 7.42. The predicted octanol–water partition coefficient (Wildman–Crippen LogP) is 6.55. The van der Waals surface area contributed by atoms with Gasteiger partial charge in [-0.05, 0) is 42.5 Å². The summed E-state index contributed by atoms with van der Waals surface area (Å²) in [6, 6.07) is 17.1. The van der Waals surface area contributed by atoms with Crippen molar-refractivity contribution in [1.29, 1.82) is 0 Å². The summed E-state index contributed by atoms with van der Waals surface area (Å²) in [5.41, 5.74) is 6.50. The summed E-state index contributed by atoms with van der Waals surface area (Å²) in [6.45, 7) is 3.33. The highest BCUT2D eigenvalue weighted by Gasteiger charge is 2.28. The van der Waals surface area contributed by atoms with E-state index in [0.717, 1.165) is 61.3 Å². The maximum absolute atomic E-state index is 15.7. The van der Waals surface area contributed by atoms with Crippen LogP contribution in [0.3, 0.4) is 0 Å². The molecule has 0 aliphatic carbocycles. The van der Waals surface area contributed by atoms with Crippen molar-refractivity contribution in [1.82, 2.24) is 25.8 Å². The van der Waals surface area contributed by atoms with E-state index in [2.05, 4.69) is 31.9 Å². The number of nitrogens with zero attached hydrogens (tertiary/aromatic N) is 2. The van der Waals surface area contributed by atoms with Gasteiger partial charge in [0.2, 0.25) is 17.7 Å². The molecular formula is C39H40Cl2FN5O4. The summed E-state index contributed by atoms with van der Waals surface area (Å²) < 4.78 is 27.2. The first kappa shape index (κ1) is 35.2. The molecule has 0 saturated carbocycles. The van der Waals surface area contributed by atoms with Crippen LogP contribution in [0.25, 0.3) is 33.5 Å². The van der Waals surface area contributed by atoms with Crippen LogP contribution in [0.4, 0.5) is 4.39 Å². The Labute approximate surface area is 306 Å². The van der Waals surface area contributed by atoms with Crippen molar-refractivity contribution in [2.24, 2.45) is 0 Å². The highest BCUT2D eigenvalue weighted by Crippen LogP contribution is 2.44. The lowest BCUT2D eigenvalue weighted by atomic mass is 9.91. The molecule has 4 heterocycles. The Bertz CT molecular complexity index is 1970. The number of halogens is 3. The first-order valence-electron chi connectivity index (χ1n) is 17.3. The van der Waals surface area contributed by atoms with Gasteiger partial charge in [-0.2, -0.15) is 0 Å². The molecule has 266 valence electrons. The Morgan fingerprint density at radius 3 is 2.22 bits per heavy atom. The van der Waals surface area contributed by atoms with Gasteiger partial charge < -0.3 is 25.4 Å². The summed E-state index contributed by atoms with van der Waals surface area (Å²) in [6.07, 6.45) is 3.59. The lowest BCUT2D eigenvalue weighted by Gasteiger charge is -2.32. The highest BCUT2D eigenvalue weighted by molar-refractivity contribution is 6.39. The van der Waals surface area contributed by atoms with E-state index in [4.69, 9.17) is 32.7 Å². The van der Waals surface area contributed by atoms with Crippen molar-refractivity contribution in [3.05, 3.63) is 87.2 Å². The van der Waals surface area contributed by atoms with E-state index in [9.17, 15) is 9.59 Å². The predicted molar refractivity (Wildman–Crippen MR) is 197 cm³/mol. The Morgan fingerprint density at radius 1 is 0.882 bits per heavy atom. The Balaban J connectivity index is 1.15. The van der Waals surface area contributed by atoms with Crippen LogP contribution in [0.15, 0.2) is 54.6 Å².